The number of halogens is 1. The Morgan fingerprint density at radius 1 is 1.44 bits per heavy atom. The Kier molecular flexibility index (Phi) is 5.37. The highest BCUT2D eigenvalue weighted by Crippen LogP contribution is 2.52. The number of ether oxygens (including phenoxy) is 2. The third-order valence-corrected chi connectivity index (χ3v) is 5.13. The maximum Gasteiger partial charge on any atom is 0.472 e. The van der Waals surface area contributed by atoms with Crippen LogP contribution in [-0.2, 0) is 34.6 Å². The van der Waals surface area contributed by atoms with Crippen LogP contribution in [0.15, 0.2) is 15.8 Å². The van der Waals surface area contributed by atoms with Crippen LogP contribution in [0.5, 0.6) is 0 Å². The number of nitrogens with zero attached hydrogens (tertiary/aromatic N) is 2. The first kappa shape index (κ1) is 19.9. The molecule has 0 radical (unpaired) electrons. The summed E-state index contributed by atoms with van der Waals surface area (Å²) in [5.41, 5.74) is -2.21. The van der Waals surface area contributed by atoms with Gasteiger partial charge in [0, 0.05) is 6.42 Å². The zero-order chi connectivity index (χ0) is 19.9. The number of carbonyl (C=O) groups is 1. The smallest absolute Gasteiger partial charge is 0.443 e. The molecule has 0 bridgehead atoms. The number of rotatable bonds is 4. The third-order valence-electron chi connectivity index (χ3n) is 4.12. The molecule has 4 atom stereocenters. The summed E-state index contributed by atoms with van der Waals surface area (Å²) in [7, 11) is -4.20. The molecule has 0 aliphatic carbocycles. The van der Waals surface area contributed by atoms with E-state index in [1.54, 1.807) is 13.8 Å². The summed E-state index contributed by atoms with van der Waals surface area (Å²) in [6.45, 7) is 2.13. The first-order valence-corrected chi connectivity index (χ1v) is 9.58. The van der Waals surface area contributed by atoms with Gasteiger partial charge in [-0.1, -0.05) is 13.8 Å². The predicted octanol–water partition coefficient (Wildman–Crippen LogP) is 0.109. The normalized spacial score (nSPS) is 30.3. The molecule has 3 rings (SSSR count). The van der Waals surface area contributed by atoms with Crippen LogP contribution < -0.4 is 11.2 Å². The maximum absolute atomic E-state index is 14.0. The molecule has 150 valence electrons. The van der Waals surface area contributed by atoms with E-state index in [0.29, 0.717) is 10.8 Å². The Balaban J connectivity index is 1.87. The van der Waals surface area contributed by atoms with Crippen molar-refractivity contribution in [3.8, 4) is 0 Å². The van der Waals surface area contributed by atoms with Crippen LogP contribution >= 0.6 is 7.82 Å². The van der Waals surface area contributed by atoms with E-state index in [1.807, 2.05) is 0 Å². The fourth-order valence-corrected chi connectivity index (χ4v) is 3.66. The molecule has 11 nitrogen and oxygen atoms in total. The van der Waals surface area contributed by atoms with Crippen molar-refractivity contribution in [2.75, 3.05) is 6.61 Å². The van der Waals surface area contributed by atoms with Gasteiger partial charge in [-0.15, -0.1) is 0 Å². The topological polar surface area (TPSA) is 135 Å². The summed E-state index contributed by atoms with van der Waals surface area (Å²) in [6, 6.07) is 0. The van der Waals surface area contributed by atoms with Crippen molar-refractivity contribution >= 4 is 13.8 Å². The predicted molar refractivity (Wildman–Crippen MR) is 85.0 cm³/mol. The second-order valence-corrected chi connectivity index (χ2v) is 7.83. The number of phosphoric ester groups is 1. The standard InChI is InChI=1S/C14H18FN2O9P/c1-7(2)13(19)23-6-17-12(18)8(15)4-16(14(17)20)11-3-9-10(25-11)5-24-27(21,22)26-9/h4,7,9-11H,3,5-6H2,1-2H3,(H,21,22)/t9-,10+,11+/m0/s1. The minimum atomic E-state index is -4.20. The number of aromatic nitrogens is 2. The van der Waals surface area contributed by atoms with E-state index >= 15 is 0 Å². The lowest BCUT2D eigenvalue weighted by atomic mass is 10.2. The van der Waals surface area contributed by atoms with Gasteiger partial charge in [0.2, 0.25) is 5.82 Å². The van der Waals surface area contributed by atoms with Crippen molar-refractivity contribution in [2.45, 2.75) is 45.4 Å². The Bertz CT molecular complexity index is 911. The van der Waals surface area contributed by atoms with E-state index in [1.165, 1.54) is 0 Å². The monoisotopic (exact) mass is 408 g/mol. The number of fused-ring (bicyclic) bond motifs is 1. The first-order valence-electron chi connectivity index (χ1n) is 8.08. The van der Waals surface area contributed by atoms with Crippen LogP contribution in [0.2, 0.25) is 0 Å². The molecule has 1 aromatic rings. The number of carbonyl (C=O) groups excluding carboxylic acids is 1. The van der Waals surface area contributed by atoms with Crippen LogP contribution in [0, 0.1) is 11.7 Å². The first-order chi connectivity index (χ1) is 12.6. The van der Waals surface area contributed by atoms with Gasteiger partial charge in [0.25, 0.3) is 5.56 Å². The van der Waals surface area contributed by atoms with E-state index in [2.05, 4.69) is 4.52 Å². The fraction of sp³-hybridized carbons (Fsp3) is 0.643. The van der Waals surface area contributed by atoms with E-state index < -0.39 is 61.9 Å². The Morgan fingerprint density at radius 3 is 2.81 bits per heavy atom. The number of hydrogen-bond donors (Lipinski definition) is 1. The number of phosphoric acid groups is 1. The highest BCUT2D eigenvalue weighted by atomic mass is 31.2. The molecule has 0 saturated carbocycles. The SMILES string of the molecule is CC(C)C(=O)OCn1c(=O)c(F)cn([C@H]2C[C@@H]3OP(=O)(O)OC[C@H]3O2)c1=O. The number of esters is 1. The summed E-state index contributed by atoms with van der Waals surface area (Å²) < 4.78 is 46.6. The zero-order valence-corrected chi connectivity index (χ0v) is 15.3. The molecule has 2 saturated heterocycles. The molecule has 3 heterocycles. The van der Waals surface area contributed by atoms with Gasteiger partial charge in [-0.2, -0.15) is 4.39 Å². The Labute approximate surface area is 151 Å². The van der Waals surface area contributed by atoms with Crippen molar-refractivity contribution in [2.24, 2.45) is 5.92 Å². The van der Waals surface area contributed by atoms with Crippen LogP contribution in [0.1, 0.15) is 26.5 Å². The van der Waals surface area contributed by atoms with Crippen LogP contribution in [-0.4, -0.2) is 38.8 Å². The molecule has 0 amide bonds. The molecule has 2 aliphatic rings. The zero-order valence-electron chi connectivity index (χ0n) is 14.4. The molecule has 1 N–H and O–H groups in total. The molecule has 1 aromatic heterocycles. The summed E-state index contributed by atoms with van der Waals surface area (Å²) in [6.07, 6.45) is -2.00. The molecule has 0 spiro atoms. The van der Waals surface area contributed by atoms with E-state index in [4.69, 9.17) is 14.0 Å². The van der Waals surface area contributed by atoms with E-state index in [9.17, 15) is 28.2 Å². The number of hydrogen-bond acceptors (Lipinski definition) is 8. The van der Waals surface area contributed by atoms with Crippen molar-refractivity contribution < 1.29 is 37.2 Å². The molecule has 0 aromatic carbocycles. The summed E-state index contributed by atoms with van der Waals surface area (Å²) in [4.78, 5) is 45.4. The molecular formula is C14H18FN2O9P. The van der Waals surface area contributed by atoms with Crippen molar-refractivity contribution in [3.63, 3.8) is 0 Å². The van der Waals surface area contributed by atoms with Gasteiger partial charge in [0.1, 0.15) is 18.4 Å². The molecule has 1 unspecified atom stereocenters. The lowest BCUT2D eigenvalue weighted by molar-refractivity contribution is -0.151. The lowest BCUT2D eigenvalue weighted by Gasteiger charge is -2.26. The van der Waals surface area contributed by atoms with Crippen LogP contribution in [0.3, 0.4) is 0 Å². The molecule has 27 heavy (non-hydrogen) atoms. The minimum Gasteiger partial charge on any atom is -0.443 e. The fourth-order valence-electron chi connectivity index (χ4n) is 2.70. The van der Waals surface area contributed by atoms with Gasteiger partial charge in [0.05, 0.1) is 18.7 Å². The summed E-state index contributed by atoms with van der Waals surface area (Å²) >= 11 is 0. The summed E-state index contributed by atoms with van der Waals surface area (Å²) in [5, 5.41) is 0. The van der Waals surface area contributed by atoms with Gasteiger partial charge < -0.3 is 14.4 Å². The van der Waals surface area contributed by atoms with Gasteiger partial charge in [0.15, 0.2) is 6.73 Å². The largest absolute Gasteiger partial charge is 0.472 e. The van der Waals surface area contributed by atoms with Gasteiger partial charge in [-0.3, -0.25) is 23.2 Å². The van der Waals surface area contributed by atoms with Crippen molar-refractivity contribution in [1.82, 2.24) is 9.13 Å². The quantitative estimate of drug-likeness (QED) is 0.544. The minimum absolute atomic E-state index is 0.0398. The second kappa shape index (κ2) is 7.28. The highest BCUT2D eigenvalue weighted by molar-refractivity contribution is 7.47. The molecule has 2 aliphatic heterocycles. The van der Waals surface area contributed by atoms with E-state index in [-0.39, 0.29) is 13.0 Å². The van der Waals surface area contributed by atoms with Gasteiger partial charge in [-0.05, 0) is 0 Å². The Morgan fingerprint density at radius 2 is 2.15 bits per heavy atom. The average Bonchev–Trinajstić information content (AvgIpc) is 2.99. The second-order valence-electron chi connectivity index (χ2n) is 6.42. The Hall–Kier alpha value is -1.85. The van der Waals surface area contributed by atoms with Gasteiger partial charge >= 0.3 is 19.5 Å². The van der Waals surface area contributed by atoms with Crippen LogP contribution in [0.25, 0.3) is 0 Å². The van der Waals surface area contributed by atoms with Crippen molar-refractivity contribution in [3.05, 3.63) is 32.9 Å². The molecular weight excluding hydrogens is 390 g/mol. The van der Waals surface area contributed by atoms with E-state index in [0.717, 1.165) is 4.57 Å². The molecule has 2 fully saturated rings. The van der Waals surface area contributed by atoms with Gasteiger partial charge in [-0.25, -0.2) is 13.9 Å². The highest BCUT2D eigenvalue weighted by Gasteiger charge is 2.46. The summed E-state index contributed by atoms with van der Waals surface area (Å²) in [5.74, 6) is -2.41. The molecule has 13 heteroatoms. The average molecular weight is 408 g/mol. The lowest BCUT2D eigenvalue weighted by Crippen LogP contribution is -2.43. The third kappa shape index (κ3) is 4.04. The van der Waals surface area contributed by atoms with Crippen LogP contribution in [0.4, 0.5) is 4.39 Å². The van der Waals surface area contributed by atoms with Crippen molar-refractivity contribution in [1.29, 1.82) is 0 Å². The maximum atomic E-state index is 14.0.